The average molecular weight is 635 g/mol. The van der Waals surface area contributed by atoms with Crippen molar-refractivity contribution >= 4 is 25.8 Å². The van der Waals surface area contributed by atoms with E-state index in [0.717, 1.165) is 59.9 Å². The fourth-order valence-electron chi connectivity index (χ4n) is 5.76. The summed E-state index contributed by atoms with van der Waals surface area (Å²) < 4.78 is 20.7. The summed E-state index contributed by atoms with van der Waals surface area (Å²) in [6.07, 6.45) is 4.36. The van der Waals surface area contributed by atoms with Crippen molar-refractivity contribution in [2.45, 2.75) is 91.0 Å². The molecule has 0 radical (unpaired) electrons. The Morgan fingerprint density at radius 2 is 1.89 bits per heavy atom. The Balaban J connectivity index is 1.27. The summed E-state index contributed by atoms with van der Waals surface area (Å²) >= 11 is 0. The average Bonchev–Trinajstić information content (AvgIpc) is 3.63. The molecule has 2 N–H and O–H groups in total. The van der Waals surface area contributed by atoms with E-state index < -0.39 is 14.4 Å². The summed E-state index contributed by atoms with van der Waals surface area (Å²) in [7, 11) is -1.91. The Labute approximate surface area is 269 Å². The van der Waals surface area contributed by atoms with Crippen molar-refractivity contribution in [3.8, 4) is 11.5 Å². The lowest BCUT2D eigenvalue weighted by Crippen LogP contribution is -2.43. The highest BCUT2D eigenvalue weighted by atomic mass is 28.4. The Kier molecular flexibility index (Phi) is 9.56. The standard InChI is InChI=1S/C35H50N4O5Si/c1-34(2,3)45(6,7)44-28-13-11-26(12-14-28)37-30-22-36-39(27-16-19-42-24-27)31(30)21-35(4,5)17-20-43-32-10-8-9-25-23-38(33(40)41)18-15-29(25)32/h8-14,22,27,37H,15-21,23-24H2,1-7H3,(H,40,41). The molecule has 2 aromatic carbocycles. The molecule has 0 spiro atoms. The quantitative estimate of drug-likeness (QED) is 0.206. The van der Waals surface area contributed by atoms with Gasteiger partial charge in [0.05, 0.1) is 36.8 Å². The highest BCUT2D eigenvalue weighted by Gasteiger charge is 2.39. The highest BCUT2D eigenvalue weighted by molar-refractivity contribution is 6.74. The van der Waals surface area contributed by atoms with Crippen molar-refractivity contribution < 1.29 is 23.8 Å². The molecule has 2 aliphatic heterocycles. The van der Waals surface area contributed by atoms with Gasteiger partial charge in [-0.2, -0.15) is 5.10 Å². The molecule has 1 atom stereocenters. The van der Waals surface area contributed by atoms with E-state index in [-0.39, 0.29) is 16.5 Å². The number of fused-ring (bicyclic) bond motifs is 1. The molecule has 3 heterocycles. The van der Waals surface area contributed by atoms with E-state index in [1.54, 1.807) is 0 Å². The number of ether oxygens (including phenoxy) is 2. The zero-order chi connectivity index (χ0) is 32.4. The fourth-order valence-corrected chi connectivity index (χ4v) is 6.79. The number of carboxylic acid groups (broad SMARTS) is 1. The molecule has 10 heteroatoms. The van der Waals surface area contributed by atoms with Crippen LogP contribution in [0.25, 0.3) is 0 Å². The Morgan fingerprint density at radius 1 is 1.13 bits per heavy atom. The van der Waals surface area contributed by atoms with Crippen LogP contribution in [-0.2, 0) is 24.1 Å². The Bertz CT molecular complexity index is 1470. The summed E-state index contributed by atoms with van der Waals surface area (Å²) in [6.45, 7) is 18.8. The minimum atomic E-state index is -1.91. The number of nitrogens with zero attached hydrogens (tertiary/aromatic N) is 3. The normalized spacial score (nSPS) is 17.2. The SMILES string of the molecule is CC(C)(CCOc1cccc2c1CCN(C(=O)O)C2)Cc1c(Nc2ccc(O[Si](C)(C)C(C)(C)C)cc2)cnn1C1CCOC1. The highest BCUT2D eigenvalue weighted by Crippen LogP contribution is 2.38. The molecule has 244 valence electrons. The lowest BCUT2D eigenvalue weighted by molar-refractivity contribution is 0.139. The van der Waals surface area contributed by atoms with Crippen LogP contribution in [-0.4, -0.2) is 60.6 Å². The second-order valence-electron chi connectivity index (χ2n) is 14.8. The third-order valence-electron chi connectivity index (χ3n) is 9.64. The first-order chi connectivity index (χ1) is 21.2. The minimum Gasteiger partial charge on any atom is -0.544 e. The van der Waals surface area contributed by atoms with E-state index in [0.29, 0.717) is 32.7 Å². The van der Waals surface area contributed by atoms with Gasteiger partial charge < -0.3 is 29.2 Å². The topological polar surface area (TPSA) is 98.1 Å². The molecule has 5 rings (SSSR count). The van der Waals surface area contributed by atoms with Gasteiger partial charge in [-0.1, -0.05) is 46.8 Å². The van der Waals surface area contributed by atoms with Crippen LogP contribution in [0.15, 0.2) is 48.7 Å². The molecule has 1 fully saturated rings. The van der Waals surface area contributed by atoms with Gasteiger partial charge in [-0.05, 0) is 85.1 Å². The lowest BCUT2D eigenvalue weighted by Gasteiger charge is -2.36. The van der Waals surface area contributed by atoms with Gasteiger partial charge >= 0.3 is 6.09 Å². The number of aromatic nitrogens is 2. The van der Waals surface area contributed by atoms with Crippen LogP contribution in [0.2, 0.25) is 18.1 Å². The van der Waals surface area contributed by atoms with Crippen LogP contribution in [0.3, 0.4) is 0 Å². The van der Waals surface area contributed by atoms with Crippen molar-refractivity contribution in [3.05, 3.63) is 65.5 Å². The second-order valence-corrected chi connectivity index (χ2v) is 19.5. The van der Waals surface area contributed by atoms with Crippen molar-refractivity contribution in [1.29, 1.82) is 0 Å². The summed E-state index contributed by atoms with van der Waals surface area (Å²) in [5, 5.41) is 18.0. The molecular formula is C35H50N4O5Si. The van der Waals surface area contributed by atoms with Gasteiger partial charge in [0.1, 0.15) is 11.5 Å². The number of nitrogens with one attached hydrogen (secondary N) is 1. The van der Waals surface area contributed by atoms with Crippen LogP contribution >= 0.6 is 0 Å². The molecule has 1 aromatic heterocycles. The molecule has 9 nitrogen and oxygen atoms in total. The smallest absolute Gasteiger partial charge is 0.407 e. The number of hydrogen-bond acceptors (Lipinski definition) is 6. The van der Waals surface area contributed by atoms with Crippen molar-refractivity contribution in [2.75, 3.05) is 31.7 Å². The van der Waals surface area contributed by atoms with E-state index in [4.69, 9.17) is 19.0 Å². The first-order valence-corrected chi connectivity index (χ1v) is 19.0. The van der Waals surface area contributed by atoms with Crippen LogP contribution in [0.5, 0.6) is 11.5 Å². The van der Waals surface area contributed by atoms with Crippen LogP contribution in [0, 0.1) is 5.41 Å². The van der Waals surface area contributed by atoms with Gasteiger partial charge in [0.2, 0.25) is 8.32 Å². The maximum Gasteiger partial charge on any atom is 0.407 e. The summed E-state index contributed by atoms with van der Waals surface area (Å²) in [5.41, 5.74) is 5.26. The van der Waals surface area contributed by atoms with Crippen molar-refractivity contribution in [1.82, 2.24) is 14.7 Å². The molecular weight excluding hydrogens is 584 g/mol. The summed E-state index contributed by atoms with van der Waals surface area (Å²) in [4.78, 5) is 12.9. The van der Waals surface area contributed by atoms with E-state index in [1.165, 1.54) is 10.6 Å². The maximum absolute atomic E-state index is 11.5. The molecule has 0 saturated carbocycles. The zero-order valence-corrected chi connectivity index (χ0v) is 29.0. The van der Waals surface area contributed by atoms with Gasteiger partial charge in [-0.15, -0.1) is 0 Å². The predicted octanol–water partition coefficient (Wildman–Crippen LogP) is 8.05. The van der Waals surface area contributed by atoms with Crippen LogP contribution in [0.1, 0.15) is 70.3 Å². The first kappa shape index (κ1) is 32.9. The molecule has 45 heavy (non-hydrogen) atoms. The third kappa shape index (κ3) is 7.84. The van der Waals surface area contributed by atoms with Gasteiger partial charge in [-0.25, -0.2) is 4.79 Å². The van der Waals surface area contributed by atoms with Gasteiger partial charge in [0.15, 0.2) is 0 Å². The second kappa shape index (κ2) is 13.1. The Morgan fingerprint density at radius 3 is 2.56 bits per heavy atom. The van der Waals surface area contributed by atoms with Gasteiger partial charge in [-0.3, -0.25) is 4.68 Å². The zero-order valence-electron chi connectivity index (χ0n) is 28.0. The molecule has 1 saturated heterocycles. The largest absolute Gasteiger partial charge is 0.544 e. The number of benzene rings is 2. The summed E-state index contributed by atoms with van der Waals surface area (Å²) in [5.74, 6) is 1.77. The predicted molar refractivity (Wildman–Crippen MR) is 180 cm³/mol. The van der Waals surface area contributed by atoms with Crippen LogP contribution in [0.4, 0.5) is 16.2 Å². The lowest BCUT2D eigenvalue weighted by atomic mass is 9.84. The molecule has 0 bridgehead atoms. The summed E-state index contributed by atoms with van der Waals surface area (Å²) in [6, 6.07) is 14.5. The first-order valence-electron chi connectivity index (χ1n) is 16.1. The van der Waals surface area contributed by atoms with Crippen molar-refractivity contribution in [3.63, 3.8) is 0 Å². The van der Waals surface area contributed by atoms with Crippen LogP contribution < -0.4 is 14.5 Å². The molecule has 1 amide bonds. The number of anilines is 2. The van der Waals surface area contributed by atoms with E-state index in [9.17, 15) is 9.90 Å². The number of carbonyl (C=O) groups is 1. The van der Waals surface area contributed by atoms with Gasteiger partial charge in [0.25, 0.3) is 0 Å². The number of rotatable bonds is 11. The molecule has 2 aliphatic rings. The van der Waals surface area contributed by atoms with E-state index in [2.05, 4.69) is 82.0 Å². The van der Waals surface area contributed by atoms with Crippen molar-refractivity contribution in [2.24, 2.45) is 5.41 Å². The third-order valence-corrected chi connectivity index (χ3v) is 14.0. The monoisotopic (exact) mass is 634 g/mol. The fraction of sp³-hybridized carbons (Fsp3) is 0.543. The number of amides is 1. The van der Waals surface area contributed by atoms with Gasteiger partial charge in [0, 0.05) is 30.9 Å². The molecule has 0 aliphatic carbocycles. The Hall–Kier alpha value is -3.50. The van der Waals surface area contributed by atoms with E-state index >= 15 is 0 Å². The molecule has 1 unspecified atom stereocenters. The minimum absolute atomic E-state index is 0.0660. The van der Waals surface area contributed by atoms with E-state index in [1.807, 2.05) is 24.4 Å². The molecule has 3 aromatic rings. The maximum atomic E-state index is 11.5. The number of hydrogen-bond donors (Lipinski definition) is 2.